The standard InChI is InChI=1S/C10H13F3N2O/c1-6-8(7-3-2-4-14-5-7)15-9(16-6)10(11,12)13/h7,14H,2-5H2,1H3. The molecule has 2 rings (SSSR count). The highest BCUT2D eigenvalue weighted by Crippen LogP contribution is 2.33. The minimum Gasteiger partial charge on any atom is -0.438 e. The van der Waals surface area contributed by atoms with Gasteiger partial charge in [-0.3, -0.25) is 0 Å². The summed E-state index contributed by atoms with van der Waals surface area (Å²) in [5.74, 6) is -0.819. The maximum Gasteiger partial charge on any atom is 0.468 e. The first-order chi connectivity index (χ1) is 7.48. The Morgan fingerprint density at radius 3 is 2.69 bits per heavy atom. The van der Waals surface area contributed by atoms with Crippen molar-refractivity contribution in [3.05, 3.63) is 17.3 Å². The third-order valence-corrected chi connectivity index (χ3v) is 2.76. The van der Waals surface area contributed by atoms with Gasteiger partial charge in [-0.15, -0.1) is 0 Å². The number of alkyl halides is 3. The van der Waals surface area contributed by atoms with E-state index in [2.05, 4.69) is 14.7 Å². The number of rotatable bonds is 1. The summed E-state index contributed by atoms with van der Waals surface area (Å²) in [7, 11) is 0. The number of hydrogen-bond acceptors (Lipinski definition) is 3. The predicted molar refractivity (Wildman–Crippen MR) is 51.1 cm³/mol. The van der Waals surface area contributed by atoms with Crippen molar-refractivity contribution in [1.82, 2.24) is 10.3 Å². The minimum absolute atomic E-state index is 0.0357. The Balaban J connectivity index is 2.24. The zero-order chi connectivity index (χ0) is 11.8. The molecule has 16 heavy (non-hydrogen) atoms. The first kappa shape index (κ1) is 11.4. The van der Waals surface area contributed by atoms with E-state index in [9.17, 15) is 13.2 Å². The summed E-state index contributed by atoms with van der Waals surface area (Å²) < 4.78 is 41.8. The fraction of sp³-hybridized carbons (Fsp3) is 0.700. The molecule has 0 spiro atoms. The van der Waals surface area contributed by atoms with E-state index in [1.54, 1.807) is 0 Å². The molecule has 1 atom stereocenters. The van der Waals surface area contributed by atoms with Crippen molar-refractivity contribution in [2.24, 2.45) is 0 Å². The van der Waals surface area contributed by atoms with E-state index in [1.807, 2.05) is 0 Å². The molecule has 2 heterocycles. The van der Waals surface area contributed by atoms with Gasteiger partial charge in [0.05, 0.1) is 5.69 Å². The molecule has 0 radical (unpaired) electrons. The summed E-state index contributed by atoms with van der Waals surface area (Å²) in [6.07, 6.45) is -2.68. The van der Waals surface area contributed by atoms with Crippen molar-refractivity contribution in [1.29, 1.82) is 0 Å². The number of hydrogen-bond donors (Lipinski definition) is 1. The number of piperidine rings is 1. The van der Waals surface area contributed by atoms with Crippen LogP contribution in [0.3, 0.4) is 0 Å². The zero-order valence-electron chi connectivity index (χ0n) is 8.90. The van der Waals surface area contributed by atoms with Crippen molar-refractivity contribution >= 4 is 0 Å². The molecule has 0 bridgehead atoms. The number of aromatic nitrogens is 1. The van der Waals surface area contributed by atoms with Crippen molar-refractivity contribution in [2.75, 3.05) is 13.1 Å². The molecule has 6 heteroatoms. The molecule has 1 N–H and O–H groups in total. The van der Waals surface area contributed by atoms with E-state index in [4.69, 9.17) is 0 Å². The molecule has 3 nitrogen and oxygen atoms in total. The Kier molecular flexibility index (Phi) is 2.92. The maximum absolute atomic E-state index is 12.4. The van der Waals surface area contributed by atoms with Crippen molar-refractivity contribution in [3.63, 3.8) is 0 Å². The fourth-order valence-corrected chi connectivity index (χ4v) is 1.99. The van der Waals surface area contributed by atoms with Crippen LogP contribution in [-0.4, -0.2) is 18.1 Å². The molecular weight excluding hydrogens is 221 g/mol. The molecule has 1 aromatic heterocycles. The second-order valence-electron chi connectivity index (χ2n) is 4.00. The van der Waals surface area contributed by atoms with Gasteiger partial charge in [0.2, 0.25) is 0 Å². The maximum atomic E-state index is 12.4. The lowest BCUT2D eigenvalue weighted by molar-refractivity contribution is -0.157. The topological polar surface area (TPSA) is 38.1 Å². The molecular formula is C10H13F3N2O. The fourth-order valence-electron chi connectivity index (χ4n) is 1.99. The van der Waals surface area contributed by atoms with Crippen LogP contribution in [0.25, 0.3) is 0 Å². The summed E-state index contributed by atoms with van der Waals surface area (Å²) in [5.41, 5.74) is 0.444. The second kappa shape index (κ2) is 4.08. The van der Waals surface area contributed by atoms with Gasteiger partial charge >= 0.3 is 12.1 Å². The molecule has 1 fully saturated rings. The molecule has 1 aliphatic rings. The van der Waals surface area contributed by atoms with E-state index < -0.39 is 12.1 Å². The van der Waals surface area contributed by atoms with Gasteiger partial charge in [-0.25, -0.2) is 4.98 Å². The van der Waals surface area contributed by atoms with E-state index in [1.165, 1.54) is 6.92 Å². The lowest BCUT2D eigenvalue weighted by atomic mass is 9.95. The molecule has 1 unspecified atom stereocenters. The summed E-state index contributed by atoms with van der Waals surface area (Å²) in [5, 5.41) is 3.15. The first-order valence-corrected chi connectivity index (χ1v) is 5.23. The summed E-state index contributed by atoms with van der Waals surface area (Å²) in [6, 6.07) is 0. The third kappa shape index (κ3) is 2.21. The smallest absolute Gasteiger partial charge is 0.438 e. The number of nitrogens with one attached hydrogen (secondary N) is 1. The molecule has 1 saturated heterocycles. The molecule has 1 aliphatic heterocycles. The summed E-state index contributed by atoms with van der Waals surface area (Å²) >= 11 is 0. The Morgan fingerprint density at radius 1 is 1.44 bits per heavy atom. The molecule has 0 aliphatic carbocycles. The lowest BCUT2D eigenvalue weighted by Gasteiger charge is -2.21. The number of oxazole rings is 1. The molecule has 0 saturated carbocycles. The van der Waals surface area contributed by atoms with Gasteiger partial charge in [0, 0.05) is 12.5 Å². The first-order valence-electron chi connectivity index (χ1n) is 5.23. The van der Waals surface area contributed by atoms with E-state index in [-0.39, 0.29) is 11.7 Å². The quantitative estimate of drug-likeness (QED) is 0.811. The third-order valence-electron chi connectivity index (χ3n) is 2.76. The van der Waals surface area contributed by atoms with Gasteiger partial charge in [0.15, 0.2) is 0 Å². The van der Waals surface area contributed by atoms with Crippen molar-refractivity contribution in [3.8, 4) is 0 Å². The highest BCUT2D eigenvalue weighted by molar-refractivity contribution is 5.16. The van der Waals surface area contributed by atoms with Crippen LogP contribution in [-0.2, 0) is 6.18 Å². The van der Waals surface area contributed by atoms with Gasteiger partial charge in [0.25, 0.3) is 0 Å². The van der Waals surface area contributed by atoms with Gasteiger partial charge in [-0.1, -0.05) is 0 Å². The molecule has 90 valence electrons. The van der Waals surface area contributed by atoms with Crippen LogP contribution in [0.2, 0.25) is 0 Å². The molecule has 0 amide bonds. The van der Waals surface area contributed by atoms with Crippen molar-refractivity contribution in [2.45, 2.75) is 31.9 Å². The minimum atomic E-state index is -4.49. The summed E-state index contributed by atoms with van der Waals surface area (Å²) in [4.78, 5) is 3.57. The molecule has 0 aromatic carbocycles. The van der Waals surface area contributed by atoms with Crippen LogP contribution in [0.4, 0.5) is 13.2 Å². The Labute approximate surface area is 91.0 Å². The van der Waals surface area contributed by atoms with Crippen LogP contribution >= 0.6 is 0 Å². The highest BCUT2D eigenvalue weighted by Gasteiger charge is 2.39. The van der Waals surface area contributed by atoms with Gasteiger partial charge < -0.3 is 9.73 Å². The predicted octanol–water partition coefficient (Wildman–Crippen LogP) is 2.47. The Morgan fingerprint density at radius 2 is 2.19 bits per heavy atom. The van der Waals surface area contributed by atoms with Gasteiger partial charge in [0.1, 0.15) is 5.76 Å². The normalized spacial score (nSPS) is 22.4. The number of nitrogens with zero attached hydrogens (tertiary/aromatic N) is 1. The number of aryl methyl sites for hydroxylation is 1. The SMILES string of the molecule is Cc1oc(C(F)(F)F)nc1C1CCCNC1. The average molecular weight is 234 g/mol. The van der Waals surface area contributed by atoms with E-state index >= 15 is 0 Å². The van der Waals surface area contributed by atoms with Crippen LogP contribution in [0.5, 0.6) is 0 Å². The largest absolute Gasteiger partial charge is 0.468 e. The average Bonchev–Trinajstić information content (AvgIpc) is 2.61. The lowest BCUT2D eigenvalue weighted by Crippen LogP contribution is -2.28. The van der Waals surface area contributed by atoms with Crippen LogP contribution < -0.4 is 5.32 Å². The van der Waals surface area contributed by atoms with E-state index in [0.29, 0.717) is 12.2 Å². The van der Waals surface area contributed by atoms with E-state index in [0.717, 1.165) is 19.4 Å². The second-order valence-corrected chi connectivity index (χ2v) is 4.00. The monoisotopic (exact) mass is 234 g/mol. The van der Waals surface area contributed by atoms with Gasteiger partial charge in [-0.2, -0.15) is 13.2 Å². The van der Waals surface area contributed by atoms with Gasteiger partial charge in [-0.05, 0) is 26.3 Å². The van der Waals surface area contributed by atoms with Crippen LogP contribution in [0.1, 0.15) is 36.1 Å². The zero-order valence-corrected chi connectivity index (χ0v) is 8.90. The molecule has 1 aromatic rings. The van der Waals surface area contributed by atoms with Crippen LogP contribution in [0.15, 0.2) is 4.42 Å². The summed E-state index contributed by atoms with van der Waals surface area (Å²) in [6.45, 7) is 3.12. The Bertz CT molecular complexity index is 367. The van der Waals surface area contributed by atoms with Crippen LogP contribution in [0, 0.1) is 6.92 Å². The van der Waals surface area contributed by atoms with Crippen molar-refractivity contribution < 1.29 is 17.6 Å². The number of halogens is 3. The highest BCUT2D eigenvalue weighted by atomic mass is 19.4. The Hall–Kier alpha value is -1.04.